The lowest BCUT2D eigenvalue weighted by atomic mass is 9.73. The average molecular weight is 268 g/mol. The van der Waals surface area contributed by atoms with Gasteiger partial charge in [0.25, 0.3) is 0 Å². The number of carboxylic acid groups (broad SMARTS) is 1. The van der Waals surface area contributed by atoms with Crippen LogP contribution in [0.5, 0.6) is 0 Å². The molecule has 4 nitrogen and oxygen atoms in total. The number of carbonyl (C=O) groups is 1. The molecule has 19 heavy (non-hydrogen) atoms. The quantitative estimate of drug-likeness (QED) is 0.847. The van der Waals surface area contributed by atoms with E-state index in [2.05, 4.69) is 23.6 Å². The van der Waals surface area contributed by atoms with Gasteiger partial charge in [0, 0.05) is 32.2 Å². The fourth-order valence-corrected chi connectivity index (χ4v) is 3.78. The number of piperazine rings is 1. The monoisotopic (exact) mass is 268 g/mol. The smallest absolute Gasteiger partial charge is 0.310 e. The molecule has 0 aromatic heterocycles. The van der Waals surface area contributed by atoms with Crippen molar-refractivity contribution in [1.29, 1.82) is 0 Å². The molecule has 2 rings (SSSR count). The molecule has 0 amide bonds. The van der Waals surface area contributed by atoms with E-state index in [0.717, 1.165) is 58.4 Å². The van der Waals surface area contributed by atoms with E-state index in [1.807, 2.05) is 0 Å². The maximum atomic E-state index is 11.7. The molecule has 2 aliphatic rings. The summed E-state index contributed by atoms with van der Waals surface area (Å²) in [6.07, 6.45) is 5.10. The Labute approximate surface area is 116 Å². The first-order valence-electron chi connectivity index (χ1n) is 7.77. The summed E-state index contributed by atoms with van der Waals surface area (Å²) < 4.78 is 0. The Morgan fingerprint density at radius 1 is 1.26 bits per heavy atom. The molecule has 4 heteroatoms. The second-order valence-electron chi connectivity index (χ2n) is 6.36. The second kappa shape index (κ2) is 6.23. The van der Waals surface area contributed by atoms with Crippen LogP contribution in [-0.4, -0.2) is 59.6 Å². The molecule has 0 spiro atoms. The van der Waals surface area contributed by atoms with Crippen LogP contribution in [0.3, 0.4) is 0 Å². The lowest BCUT2D eigenvalue weighted by molar-refractivity contribution is -0.153. The predicted molar refractivity (Wildman–Crippen MR) is 76.3 cm³/mol. The van der Waals surface area contributed by atoms with Gasteiger partial charge in [-0.25, -0.2) is 0 Å². The number of carboxylic acids is 1. The summed E-state index contributed by atoms with van der Waals surface area (Å²) in [7, 11) is 0. The first-order chi connectivity index (χ1) is 9.07. The molecule has 1 unspecified atom stereocenters. The van der Waals surface area contributed by atoms with Gasteiger partial charge < -0.3 is 5.11 Å². The number of rotatable bonds is 4. The minimum absolute atomic E-state index is 0.466. The molecule has 1 N–H and O–H groups in total. The Balaban J connectivity index is 1.97. The van der Waals surface area contributed by atoms with Crippen LogP contribution in [0.2, 0.25) is 0 Å². The van der Waals surface area contributed by atoms with Crippen molar-refractivity contribution < 1.29 is 9.90 Å². The number of nitrogens with zero attached hydrogens (tertiary/aromatic N) is 2. The molecule has 1 aliphatic carbocycles. The van der Waals surface area contributed by atoms with Crippen LogP contribution in [0, 0.1) is 5.41 Å². The van der Waals surface area contributed by atoms with Gasteiger partial charge in [0.1, 0.15) is 0 Å². The molecule has 2 fully saturated rings. The lowest BCUT2D eigenvalue weighted by Crippen LogP contribution is -2.55. The Kier molecular flexibility index (Phi) is 4.85. The van der Waals surface area contributed by atoms with E-state index in [4.69, 9.17) is 0 Å². The van der Waals surface area contributed by atoms with Crippen LogP contribution in [0.4, 0.5) is 0 Å². The predicted octanol–water partition coefficient (Wildman–Crippen LogP) is 2.05. The molecule has 1 saturated carbocycles. The third-order valence-electron chi connectivity index (χ3n) is 5.05. The van der Waals surface area contributed by atoms with Crippen molar-refractivity contribution >= 4 is 5.97 Å². The molecular formula is C15H28N2O2. The molecule has 1 saturated heterocycles. The van der Waals surface area contributed by atoms with Crippen molar-refractivity contribution in [2.45, 2.75) is 52.0 Å². The van der Waals surface area contributed by atoms with Gasteiger partial charge in [-0.05, 0) is 26.3 Å². The van der Waals surface area contributed by atoms with Crippen LogP contribution in [0.15, 0.2) is 0 Å². The summed E-state index contributed by atoms with van der Waals surface area (Å²) in [5, 5.41) is 9.65. The summed E-state index contributed by atoms with van der Waals surface area (Å²) in [5.41, 5.74) is -0.466. The molecule has 1 aliphatic heterocycles. The fraction of sp³-hybridized carbons (Fsp3) is 0.933. The van der Waals surface area contributed by atoms with Gasteiger partial charge in [0.15, 0.2) is 0 Å². The number of likely N-dealkylation sites (N-methyl/N-ethyl adjacent to an activating group) is 1. The van der Waals surface area contributed by atoms with Crippen LogP contribution in [-0.2, 0) is 4.79 Å². The summed E-state index contributed by atoms with van der Waals surface area (Å²) >= 11 is 0. The summed E-state index contributed by atoms with van der Waals surface area (Å²) in [5.74, 6) is -0.572. The number of aliphatic carboxylic acids is 1. The number of hydrogen-bond donors (Lipinski definition) is 1. The molecule has 1 heterocycles. The molecule has 1 atom stereocenters. The molecule has 110 valence electrons. The van der Waals surface area contributed by atoms with Crippen LogP contribution < -0.4 is 0 Å². The minimum atomic E-state index is -0.572. The minimum Gasteiger partial charge on any atom is -0.481 e. The highest BCUT2D eigenvalue weighted by molar-refractivity contribution is 5.75. The molecule has 0 aromatic rings. The topological polar surface area (TPSA) is 43.8 Å². The van der Waals surface area contributed by atoms with Crippen molar-refractivity contribution in [1.82, 2.24) is 9.80 Å². The van der Waals surface area contributed by atoms with Crippen molar-refractivity contribution in [2.24, 2.45) is 5.41 Å². The van der Waals surface area contributed by atoms with E-state index in [1.165, 1.54) is 6.42 Å². The van der Waals surface area contributed by atoms with E-state index >= 15 is 0 Å². The zero-order chi connectivity index (χ0) is 13.9. The van der Waals surface area contributed by atoms with E-state index in [0.29, 0.717) is 6.04 Å². The normalized spacial score (nSPS) is 29.3. The van der Waals surface area contributed by atoms with E-state index < -0.39 is 11.4 Å². The Hall–Kier alpha value is -0.610. The number of hydrogen-bond acceptors (Lipinski definition) is 3. The highest BCUT2D eigenvalue weighted by Crippen LogP contribution is 2.37. The molecule has 0 aromatic carbocycles. The molecule has 0 radical (unpaired) electrons. The summed E-state index contributed by atoms with van der Waals surface area (Å²) in [4.78, 5) is 16.6. The largest absolute Gasteiger partial charge is 0.481 e. The second-order valence-corrected chi connectivity index (χ2v) is 6.36. The van der Waals surface area contributed by atoms with Crippen molar-refractivity contribution in [2.75, 3.05) is 32.7 Å². The van der Waals surface area contributed by atoms with Gasteiger partial charge in [-0.15, -0.1) is 0 Å². The van der Waals surface area contributed by atoms with Crippen LogP contribution in [0.25, 0.3) is 0 Å². The first-order valence-corrected chi connectivity index (χ1v) is 7.77. The maximum Gasteiger partial charge on any atom is 0.310 e. The highest BCUT2D eigenvalue weighted by atomic mass is 16.4. The van der Waals surface area contributed by atoms with Gasteiger partial charge in [0.05, 0.1) is 5.41 Å². The Bertz CT molecular complexity index is 313. The van der Waals surface area contributed by atoms with E-state index in [9.17, 15) is 9.90 Å². The zero-order valence-corrected chi connectivity index (χ0v) is 12.4. The average Bonchev–Trinajstić information content (AvgIpc) is 2.40. The Morgan fingerprint density at radius 3 is 2.47 bits per heavy atom. The van der Waals surface area contributed by atoms with E-state index in [1.54, 1.807) is 0 Å². The van der Waals surface area contributed by atoms with Gasteiger partial charge in [-0.1, -0.05) is 26.2 Å². The fourth-order valence-electron chi connectivity index (χ4n) is 3.78. The van der Waals surface area contributed by atoms with E-state index in [-0.39, 0.29) is 0 Å². The third kappa shape index (κ3) is 3.29. The van der Waals surface area contributed by atoms with Gasteiger partial charge in [-0.2, -0.15) is 0 Å². The highest BCUT2D eigenvalue weighted by Gasteiger charge is 2.41. The zero-order valence-electron chi connectivity index (χ0n) is 12.4. The van der Waals surface area contributed by atoms with Gasteiger partial charge in [0.2, 0.25) is 0 Å². The first kappa shape index (κ1) is 14.8. The van der Waals surface area contributed by atoms with Crippen molar-refractivity contribution in [3.05, 3.63) is 0 Å². The maximum absolute atomic E-state index is 11.7. The molecule has 0 bridgehead atoms. The standard InChI is InChI=1S/C15H28N2O2/c1-3-17-10-9-16(11-13(17)2)12-15(14(18)19)7-5-4-6-8-15/h13H,3-12H2,1-2H3,(H,18,19). The van der Waals surface area contributed by atoms with Crippen LogP contribution in [0.1, 0.15) is 46.0 Å². The SMILES string of the molecule is CCN1CCN(CC2(C(=O)O)CCCCC2)CC1C. The van der Waals surface area contributed by atoms with Crippen LogP contribution >= 0.6 is 0 Å². The lowest BCUT2D eigenvalue weighted by Gasteiger charge is -2.44. The van der Waals surface area contributed by atoms with Gasteiger partial charge in [-0.3, -0.25) is 14.6 Å². The van der Waals surface area contributed by atoms with Crippen molar-refractivity contribution in [3.8, 4) is 0 Å². The summed E-state index contributed by atoms with van der Waals surface area (Å²) in [6.45, 7) is 9.42. The Morgan fingerprint density at radius 2 is 1.95 bits per heavy atom. The van der Waals surface area contributed by atoms with Gasteiger partial charge >= 0.3 is 5.97 Å². The molecular weight excluding hydrogens is 240 g/mol. The third-order valence-corrected chi connectivity index (χ3v) is 5.05. The summed E-state index contributed by atoms with van der Waals surface area (Å²) in [6, 6.07) is 0.549. The van der Waals surface area contributed by atoms with Crippen molar-refractivity contribution in [3.63, 3.8) is 0 Å².